The minimum absolute atomic E-state index is 0.988. The van der Waals surface area contributed by atoms with Crippen molar-refractivity contribution in [3.8, 4) is 11.4 Å². The Morgan fingerprint density at radius 3 is 2.45 bits per heavy atom. The third kappa shape index (κ3) is 3.26. The number of aryl methyl sites for hydroxylation is 2. The third-order valence-electron chi connectivity index (χ3n) is 3.53. The Morgan fingerprint density at radius 2 is 1.68 bits per heavy atom. The molecule has 3 aromatic heterocycles. The smallest absolute Gasteiger partial charge is 0.231 e. The van der Waals surface area contributed by atoms with Crippen molar-refractivity contribution in [2.75, 3.05) is 0 Å². The Morgan fingerprint density at radius 1 is 0.909 bits per heavy atom. The van der Waals surface area contributed by atoms with Gasteiger partial charge >= 0.3 is 0 Å². The molecule has 0 aliphatic carbocycles. The van der Waals surface area contributed by atoms with Crippen LogP contribution in [0.5, 0.6) is 0 Å². The lowest BCUT2D eigenvalue weighted by Crippen LogP contribution is -2.30. The molecule has 108 valence electrons. The van der Waals surface area contributed by atoms with Crippen LogP contribution in [0.4, 0.5) is 0 Å². The molecular weight excluding hydrogens is 270 g/mol. The van der Waals surface area contributed by atoms with E-state index in [0.717, 1.165) is 22.5 Å². The maximum absolute atomic E-state index is 4.48. The Bertz CT molecular complexity index is 808. The molecule has 0 bridgehead atoms. The normalized spacial score (nSPS) is 11.0. The second-order valence-electron chi connectivity index (χ2n) is 5.29. The van der Waals surface area contributed by atoms with Gasteiger partial charge in [-0.05, 0) is 47.9 Å². The van der Waals surface area contributed by atoms with Crippen LogP contribution in [0, 0.1) is 6.92 Å². The van der Waals surface area contributed by atoms with E-state index in [1.165, 1.54) is 5.56 Å². The van der Waals surface area contributed by atoms with Gasteiger partial charge in [0.25, 0.3) is 0 Å². The SMILES string of the molecule is Cc1ccnc(-c2cc(C=Cc3ccncc3)cc[n+]2C)c1. The van der Waals surface area contributed by atoms with Gasteiger partial charge in [0, 0.05) is 30.7 Å². The fraction of sp³-hybridized carbons (Fsp3) is 0.105. The van der Waals surface area contributed by atoms with E-state index >= 15 is 0 Å². The second-order valence-corrected chi connectivity index (χ2v) is 5.29. The Kier molecular flexibility index (Phi) is 4.05. The summed E-state index contributed by atoms with van der Waals surface area (Å²) in [7, 11) is 2.04. The highest BCUT2D eigenvalue weighted by atomic mass is 14.9. The molecule has 0 fully saturated rings. The molecule has 3 heterocycles. The van der Waals surface area contributed by atoms with E-state index in [9.17, 15) is 0 Å². The molecule has 0 unspecified atom stereocenters. The summed E-state index contributed by atoms with van der Waals surface area (Å²) in [5, 5.41) is 0. The number of nitrogens with zero attached hydrogens (tertiary/aromatic N) is 3. The molecule has 0 aliphatic heterocycles. The van der Waals surface area contributed by atoms with E-state index in [-0.39, 0.29) is 0 Å². The van der Waals surface area contributed by atoms with Crippen molar-refractivity contribution in [3.63, 3.8) is 0 Å². The lowest BCUT2D eigenvalue weighted by atomic mass is 10.1. The molecule has 0 aromatic carbocycles. The van der Waals surface area contributed by atoms with E-state index in [0.29, 0.717) is 0 Å². The lowest BCUT2D eigenvalue weighted by molar-refractivity contribution is -0.660. The molecule has 0 spiro atoms. The number of hydrogen-bond donors (Lipinski definition) is 0. The van der Waals surface area contributed by atoms with E-state index in [1.54, 1.807) is 12.4 Å². The molecule has 3 heteroatoms. The van der Waals surface area contributed by atoms with Crippen molar-refractivity contribution in [2.24, 2.45) is 7.05 Å². The van der Waals surface area contributed by atoms with Gasteiger partial charge < -0.3 is 0 Å². The van der Waals surface area contributed by atoms with Crippen LogP contribution in [0.1, 0.15) is 16.7 Å². The fourth-order valence-corrected chi connectivity index (χ4v) is 2.29. The molecular formula is C19H18N3+. The Hall–Kier alpha value is -2.81. The molecule has 22 heavy (non-hydrogen) atoms. The van der Waals surface area contributed by atoms with Crippen molar-refractivity contribution >= 4 is 12.2 Å². The first kappa shape index (κ1) is 14.1. The molecule has 3 aromatic rings. The van der Waals surface area contributed by atoms with Gasteiger partial charge in [-0.2, -0.15) is 4.57 Å². The predicted octanol–water partition coefficient (Wildman–Crippen LogP) is 3.45. The van der Waals surface area contributed by atoms with Crippen LogP contribution in [0.2, 0.25) is 0 Å². The van der Waals surface area contributed by atoms with E-state index in [1.807, 2.05) is 31.4 Å². The monoisotopic (exact) mass is 288 g/mol. The topological polar surface area (TPSA) is 29.7 Å². The molecule has 0 saturated heterocycles. The number of hydrogen-bond acceptors (Lipinski definition) is 2. The van der Waals surface area contributed by atoms with Gasteiger partial charge in [-0.25, -0.2) is 4.98 Å². The fourth-order valence-electron chi connectivity index (χ4n) is 2.29. The molecule has 0 radical (unpaired) electrons. The Labute approximate surface area is 130 Å². The third-order valence-corrected chi connectivity index (χ3v) is 3.53. The van der Waals surface area contributed by atoms with Crippen molar-refractivity contribution in [3.05, 3.63) is 77.9 Å². The van der Waals surface area contributed by atoms with Crippen molar-refractivity contribution in [1.82, 2.24) is 9.97 Å². The summed E-state index contributed by atoms with van der Waals surface area (Å²) in [4.78, 5) is 8.51. The molecule has 0 atom stereocenters. The number of aromatic nitrogens is 3. The first-order valence-corrected chi connectivity index (χ1v) is 7.23. The highest BCUT2D eigenvalue weighted by molar-refractivity contribution is 5.70. The zero-order valence-electron chi connectivity index (χ0n) is 12.8. The van der Waals surface area contributed by atoms with Crippen LogP contribution < -0.4 is 4.57 Å². The van der Waals surface area contributed by atoms with Gasteiger partial charge in [0.15, 0.2) is 6.20 Å². The molecule has 0 amide bonds. The van der Waals surface area contributed by atoms with Gasteiger partial charge in [0.05, 0.1) is 0 Å². The predicted molar refractivity (Wildman–Crippen MR) is 88.8 cm³/mol. The van der Waals surface area contributed by atoms with Gasteiger partial charge in [-0.1, -0.05) is 12.2 Å². The van der Waals surface area contributed by atoms with Gasteiger partial charge in [0.1, 0.15) is 12.7 Å². The van der Waals surface area contributed by atoms with Crippen LogP contribution in [0.15, 0.2) is 61.2 Å². The standard InChI is InChI=1S/C19H18N3/c1-15-5-11-21-18(13-15)19-14-17(8-12-22(19)2)4-3-16-6-9-20-10-7-16/h3-14H,1-2H3/q+1. The van der Waals surface area contributed by atoms with Crippen molar-refractivity contribution < 1.29 is 4.57 Å². The molecule has 3 nitrogen and oxygen atoms in total. The summed E-state index contributed by atoms with van der Waals surface area (Å²) in [5.41, 5.74) is 5.58. The van der Waals surface area contributed by atoms with Gasteiger partial charge in [-0.15, -0.1) is 0 Å². The van der Waals surface area contributed by atoms with E-state index in [2.05, 4.69) is 58.0 Å². The van der Waals surface area contributed by atoms with Crippen molar-refractivity contribution in [1.29, 1.82) is 0 Å². The number of pyridine rings is 3. The van der Waals surface area contributed by atoms with Gasteiger partial charge in [-0.3, -0.25) is 4.98 Å². The lowest BCUT2D eigenvalue weighted by Gasteiger charge is -2.02. The molecule has 0 N–H and O–H groups in total. The van der Waals surface area contributed by atoms with Crippen molar-refractivity contribution in [2.45, 2.75) is 6.92 Å². The first-order valence-electron chi connectivity index (χ1n) is 7.23. The highest BCUT2D eigenvalue weighted by Gasteiger charge is 2.11. The van der Waals surface area contributed by atoms with Crippen LogP contribution in [-0.2, 0) is 7.05 Å². The number of rotatable bonds is 3. The zero-order valence-corrected chi connectivity index (χ0v) is 12.8. The molecule has 0 aliphatic rings. The molecule has 3 rings (SSSR count). The van der Waals surface area contributed by atoms with Crippen LogP contribution in [0.25, 0.3) is 23.5 Å². The summed E-state index contributed by atoms with van der Waals surface area (Å²) in [6, 6.07) is 12.3. The van der Waals surface area contributed by atoms with Crippen LogP contribution in [-0.4, -0.2) is 9.97 Å². The average molecular weight is 288 g/mol. The maximum Gasteiger partial charge on any atom is 0.231 e. The average Bonchev–Trinajstić information content (AvgIpc) is 2.55. The summed E-state index contributed by atoms with van der Waals surface area (Å²) in [6.07, 6.45) is 11.7. The van der Waals surface area contributed by atoms with Crippen LogP contribution >= 0.6 is 0 Å². The maximum atomic E-state index is 4.48. The quantitative estimate of drug-likeness (QED) is 0.691. The Balaban J connectivity index is 1.95. The summed E-state index contributed by atoms with van der Waals surface area (Å²) in [5.74, 6) is 0. The summed E-state index contributed by atoms with van der Waals surface area (Å²) < 4.78 is 2.09. The van der Waals surface area contributed by atoms with E-state index < -0.39 is 0 Å². The zero-order chi connectivity index (χ0) is 15.4. The summed E-state index contributed by atoms with van der Waals surface area (Å²) >= 11 is 0. The minimum Gasteiger partial charge on any atom is -0.265 e. The second kappa shape index (κ2) is 6.31. The highest BCUT2D eigenvalue weighted by Crippen LogP contribution is 2.16. The van der Waals surface area contributed by atoms with Crippen LogP contribution in [0.3, 0.4) is 0 Å². The van der Waals surface area contributed by atoms with E-state index in [4.69, 9.17) is 0 Å². The largest absolute Gasteiger partial charge is 0.265 e. The molecule has 0 saturated carbocycles. The minimum atomic E-state index is 0.988. The first-order chi connectivity index (χ1) is 10.7. The summed E-state index contributed by atoms with van der Waals surface area (Å²) in [6.45, 7) is 2.08. The van der Waals surface area contributed by atoms with Gasteiger partial charge in [0.2, 0.25) is 5.69 Å².